The van der Waals surface area contributed by atoms with Crippen LogP contribution in [0.3, 0.4) is 0 Å². The van der Waals surface area contributed by atoms with Crippen molar-refractivity contribution in [2.45, 2.75) is 31.8 Å². The van der Waals surface area contributed by atoms with Gasteiger partial charge in [0.05, 0.1) is 7.11 Å². The molecule has 3 heteroatoms. The molecule has 1 saturated carbocycles. The van der Waals surface area contributed by atoms with Crippen LogP contribution in [0.5, 0.6) is 5.88 Å². The number of pyridine rings is 1. The standard InChI is InChI=1S/C17H20N2O/c1-20-17-16(3-2-10-19-17)12-18-11-13-4-6-14(7-5-13)15-8-9-15/h2-7,10,15,18H,8-9,11-12H2,1H3. The second kappa shape index (κ2) is 6.06. The largest absolute Gasteiger partial charge is 0.481 e. The van der Waals surface area contributed by atoms with Gasteiger partial charge >= 0.3 is 0 Å². The lowest BCUT2D eigenvalue weighted by atomic mass is 10.1. The van der Waals surface area contributed by atoms with Gasteiger partial charge in [0, 0.05) is 24.8 Å². The van der Waals surface area contributed by atoms with Crippen LogP contribution in [-0.2, 0) is 13.1 Å². The Kier molecular flexibility index (Phi) is 3.97. The zero-order valence-electron chi connectivity index (χ0n) is 11.8. The number of rotatable bonds is 6. The van der Waals surface area contributed by atoms with Crippen LogP contribution in [0.4, 0.5) is 0 Å². The van der Waals surface area contributed by atoms with Gasteiger partial charge in [0.1, 0.15) is 0 Å². The summed E-state index contributed by atoms with van der Waals surface area (Å²) >= 11 is 0. The fourth-order valence-corrected chi connectivity index (χ4v) is 2.41. The molecule has 0 spiro atoms. The third-order valence-electron chi connectivity index (χ3n) is 3.72. The Morgan fingerprint density at radius 2 is 1.95 bits per heavy atom. The second-order valence-electron chi connectivity index (χ2n) is 5.29. The first kappa shape index (κ1) is 13.1. The van der Waals surface area contributed by atoms with E-state index in [2.05, 4.69) is 34.6 Å². The van der Waals surface area contributed by atoms with Gasteiger partial charge in [-0.05, 0) is 36.0 Å². The maximum Gasteiger partial charge on any atom is 0.217 e. The van der Waals surface area contributed by atoms with Crippen molar-refractivity contribution in [1.82, 2.24) is 10.3 Å². The van der Waals surface area contributed by atoms with Gasteiger partial charge in [0.25, 0.3) is 0 Å². The Morgan fingerprint density at radius 1 is 1.15 bits per heavy atom. The van der Waals surface area contributed by atoms with Gasteiger partial charge in [-0.3, -0.25) is 0 Å². The molecule has 0 saturated heterocycles. The average molecular weight is 268 g/mol. The number of benzene rings is 1. The molecule has 2 aromatic rings. The van der Waals surface area contributed by atoms with E-state index in [-0.39, 0.29) is 0 Å². The molecule has 0 bridgehead atoms. The number of nitrogens with zero attached hydrogens (tertiary/aromatic N) is 1. The first-order chi connectivity index (χ1) is 9.86. The molecule has 0 unspecified atom stereocenters. The molecule has 104 valence electrons. The number of ether oxygens (including phenoxy) is 1. The molecular formula is C17H20N2O. The number of aromatic nitrogens is 1. The summed E-state index contributed by atoms with van der Waals surface area (Å²) in [5.41, 5.74) is 3.89. The zero-order valence-corrected chi connectivity index (χ0v) is 11.8. The Bertz CT molecular complexity index is 561. The van der Waals surface area contributed by atoms with Crippen molar-refractivity contribution < 1.29 is 4.74 Å². The third-order valence-corrected chi connectivity index (χ3v) is 3.72. The van der Waals surface area contributed by atoms with Gasteiger partial charge in [-0.25, -0.2) is 4.98 Å². The maximum absolute atomic E-state index is 5.25. The van der Waals surface area contributed by atoms with Crippen molar-refractivity contribution in [3.63, 3.8) is 0 Å². The monoisotopic (exact) mass is 268 g/mol. The van der Waals surface area contributed by atoms with E-state index in [1.54, 1.807) is 13.3 Å². The highest BCUT2D eigenvalue weighted by Gasteiger charge is 2.22. The number of nitrogens with one attached hydrogen (secondary N) is 1. The Balaban J connectivity index is 1.54. The summed E-state index contributed by atoms with van der Waals surface area (Å²) in [4.78, 5) is 4.20. The molecule has 1 heterocycles. The second-order valence-corrected chi connectivity index (χ2v) is 5.29. The minimum Gasteiger partial charge on any atom is -0.481 e. The minimum absolute atomic E-state index is 0.698. The molecule has 1 aromatic heterocycles. The lowest BCUT2D eigenvalue weighted by molar-refractivity contribution is 0.390. The van der Waals surface area contributed by atoms with Gasteiger partial charge < -0.3 is 10.1 Å². The van der Waals surface area contributed by atoms with E-state index in [0.717, 1.165) is 24.6 Å². The van der Waals surface area contributed by atoms with Crippen LogP contribution in [0.1, 0.15) is 35.4 Å². The minimum atomic E-state index is 0.698. The molecule has 3 rings (SSSR count). The lowest BCUT2D eigenvalue weighted by Gasteiger charge is -2.09. The molecule has 0 atom stereocenters. The summed E-state index contributed by atoms with van der Waals surface area (Å²) < 4.78 is 5.25. The van der Waals surface area contributed by atoms with E-state index in [9.17, 15) is 0 Å². The molecule has 1 N–H and O–H groups in total. The van der Waals surface area contributed by atoms with Crippen LogP contribution in [0.25, 0.3) is 0 Å². The first-order valence-corrected chi connectivity index (χ1v) is 7.14. The highest BCUT2D eigenvalue weighted by atomic mass is 16.5. The number of methoxy groups -OCH3 is 1. The summed E-state index contributed by atoms with van der Waals surface area (Å²) in [6, 6.07) is 12.9. The van der Waals surface area contributed by atoms with Gasteiger partial charge in [0.2, 0.25) is 5.88 Å². The predicted octanol–water partition coefficient (Wildman–Crippen LogP) is 3.26. The predicted molar refractivity (Wildman–Crippen MR) is 79.7 cm³/mol. The molecule has 0 radical (unpaired) electrons. The summed E-state index contributed by atoms with van der Waals surface area (Å²) in [5.74, 6) is 1.53. The zero-order chi connectivity index (χ0) is 13.8. The average Bonchev–Trinajstić information content (AvgIpc) is 3.33. The van der Waals surface area contributed by atoms with Crippen LogP contribution in [0, 0.1) is 0 Å². The number of hydrogen-bond donors (Lipinski definition) is 1. The van der Waals surface area contributed by atoms with E-state index in [4.69, 9.17) is 4.74 Å². The summed E-state index contributed by atoms with van der Waals surface area (Å²) in [7, 11) is 1.66. The van der Waals surface area contributed by atoms with Crippen molar-refractivity contribution in [1.29, 1.82) is 0 Å². The van der Waals surface area contributed by atoms with Crippen LogP contribution < -0.4 is 10.1 Å². The van der Waals surface area contributed by atoms with Crippen molar-refractivity contribution in [3.8, 4) is 5.88 Å². The SMILES string of the molecule is COc1ncccc1CNCc1ccc(C2CC2)cc1. The first-order valence-electron chi connectivity index (χ1n) is 7.14. The van der Waals surface area contributed by atoms with Crippen LogP contribution in [0.15, 0.2) is 42.6 Å². The van der Waals surface area contributed by atoms with E-state index < -0.39 is 0 Å². The lowest BCUT2D eigenvalue weighted by Crippen LogP contribution is -2.13. The Hall–Kier alpha value is -1.87. The molecule has 3 nitrogen and oxygen atoms in total. The van der Waals surface area contributed by atoms with Crippen molar-refractivity contribution in [2.75, 3.05) is 7.11 Å². The normalized spacial score (nSPS) is 14.2. The molecule has 0 aliphatic heterocycles. The summed E-state index contributed by atoms with van der Waals surface area (Å²) in [6.07, 6.45) is 4.47. The topological polar surface area (TPSA) is 34.1 Å². The summed E-state index contributed by atoms with van der Waals surface area (Å²) in [6.45, 7) is 1.63. The summed E-state index contributed by atoms with van der Waals surface area (Å²) in [5, 5.41) is 3.44. The highest BCUT2D eigenvalue weighted by Crippen LogP contribution is 2.39. The van der Waals surface area contributed by atoms with Crippen LogP contribution in [0.2, 0.25) is 0 Å². The number of hydrogen-bond acceptors (Lipinski definition) is 3. The van der Waals surface area contributed by atoms with Gasteiger partial charge in [-0.15, -0.1) is 0 Å². The molecule has 1 aromatic carbocycles. The molecule has 0 amide bonds. The molecule has 1 aliphatic carbocycles. The van der Waals surface area contributed by atoms with E-state index in [1.807, 2.05) is 12.1 Å². The Morgan fingerprint density at radius 3 is 2.65 bits per heavy atom. The third kappa shape index (κ3) is 3.17. The van der Waals surface area contributed by atoms with E-state index in [1.165, 1.54) is 24.0 Å². The van der Waals surface area contributed by atoms with Crippen molar-refractivity contribution in [2.24, 2.45) is 0 Å². The fourth-order valence-electron chi connectivity index (χ4n) is 2.41. The Labute approximate surface area is 120 Å². The molecule has 1 aliphatic rings. The van der Waals surface area contributed by atoms with Crippen LogP contribution in [-0.4, -0.2) is 12.1 Å². The van der Waals surface area contributed by atoms with Crippen LogP contribution >= 0.6 is 0 Å². The van der Waals surface area contributed by atoms with Gasteiger partial charge in [0.15, 0.2) is 0 Å². The quantitative estimate of drug-likeness (QED) is 0.873. The molecular weight excluding hydrogens is 248 g/mol. The van der Waals surface area contributed by atoms with Crippen molar-refractivity contribution >= 4 is 0 Å². The smallest absolute Gasteiger partial charge is 0.217 e. The van der Waals surface area contributed by atoms with E-state index >= 15 is 0 Å². The fraction of sp³-hybridized carbons (Fsp3) is 0.353. The van der Waals surface area contributed by atoms with Gasteiger partial charge in [-0.2, -0.15) is 0 Å². The highest BCUT2D eigenvalue weighted by molar-refractivity contribution is 5.28. The van der Waals surface area contributed by atoms with E-state index in [0.29, 0.717) is 5.88 Å². The molecule has 20 heavy (non-hydrogen) atoms. The van der Waals surface area contributed by atoms with Gasteiger partial charge in [-0.1, -0.05) is 30.3 Å². The maximum atomic E-state index is 5.25. The van der Waals surface area contributed by atoms with Crippen molar-refractivity contribution in [3.05, 3.63) is 59.3 Å². The molecule has 1 fully saturated rings.